The van der Waals surface area contributed by atoms with Gasteiger partial charge in [0.1, 0.15) is 17.9 Å². The van der Waals surface area contributed by atoms with E-state index >= 15 is 0 Å². The molecule has 0 spiro atoms. The fourth-order valence-electron chi connectivity index (χ4n) is 5.83. The average molecular weight is 552 g/mol. The van der Waals surface area contributed by atoms with Crippen LogP contribution in [0.5, 0.6) is 0 Å². The summed E-state index contributed by atoms with van der Waals surface area (Å²) in [6, 6.07) is -2.39. The van der Waals surface area contributed by atoms with Crippen molar-refractivity contribution < 1.29 is 32.3 Å². The van der Waals surface area contributed by atoms with Crippen LogP contribution in [0.3, 0.4) is 0 Å². The molecule has 4 amide bonds. The molecular formula is C27H36F3N5O4. The maximum atomic E-state index is 14.5. The van der Waals surface area contributed by atoms with Crippen molar-refractivity contribution in [2.24, 2.45) is 23.3 Å². The number of benzene rings is 1. The van der Waals surface area contributed by atoms with E-state index in [2.05, 4.69) is 5.32 Å². The zero-order valence-corrected chi connectivity index (χ0v) is 22.2. The molecule has 2 aliphatic heterocycles. The number of halogens is 3. The number of fused-ring (bicyclic) bond motifs is 1. The van der Waals surface area contributed by atoms with Crippen LogP contribution < -0.4 is 16.8 Å². The van der Waals surface area contributed by atoms with Gasteiger partial charge in [0.2, 0.25) is 23.6 Å². The molecule has 0 aromatic heterocycles. The maximum Gasteiger partial charge on any atom is 0.243 e. The van der Waals surface area contributed by atoms with Crippen LogP contribution in [0.15, 0.2) is 12.1 Å². The van der Waals surface area contributed by atoms with Gasteiger partial charge in [0.25, 0.3) is 0 Å². The van der Waals surface area contributed by atoms with Crippen molar-refractivity contribution in [3.8, 4) is 0 Å². The van der Waals surface area contributed by atoms with E-state index in [-0.39, 0.29) is 42.2 Å². The number of likely N-dealkylation sites (tertiary alicyclic amines) is 2. The van der Waals surface area contributed by atoms with E-state index in [0.717, 1.165) is 6.42 Å². The van der Waals surface area contributed by atoms with E-state index in [1.807, 2.05) is 13.8 Å². The van der Waals surface area contributed by atoms with Gasteiger partial charge >= 0.3 is 0 Å². The molecular weight excluding hydrogens is 515 g/mol. The Balaban J connectivity index is 1.53. The molecule has 12 heteroatoms. The topological polar surface area (TPSA) is 139 Å². The van der Waals surface area contributed by atoms with Crippen LogP contribution in [-0.2, 0) is 25.6 Å². The molecule has 1 aliphatic carbocycles. The molecule has 2 saturated heterocycles. The monoisotopic (exact) mass is 551 g/mol. The van der Waals surface area contributed by atoms with E-state index < -0.39 is 59.3 Å². The highest BCUT2D eigenvalue weighted by molar-refractivity contribution is 5.91. The minimum absolute atomic E-state index is 0.0894. The normalized spacial score (nSPS) is 26.1. The minimum atomic E-state index is -1.35. The second kappa shape index (κ2) is 11.5. The Morgan fingerprint density at radius 3 is 2.44 bits per heavy atom. The first kappa shape index (κ1) is 28.8. The van der Waals surface area contributed by atoms with E-state index in [1.54, 1.807) is 0 Å². The van der Waals surface area contributed by atoms with Gasteiger partial charge in [-0.3, -0.25) is 19.2 Å². The summed E-state index contributed by atoms with van der Waals surface area (Å²) in [7, 11) is 0. The molecule has 1 saturated carbocycles. The Morgan fingerprint density at radius 2 is 1.77 bits per heavy atom. The van der Waals surface area contributed by atoms with Crippen LogP contribution in [0, 0.1) is 29.3 Å². The van der Waals surface area contributed by atoms with Crippen LogP contribution in [0.2, 0.25) is 0 Å². The van der Waals surface area contributed by atoms with Gasteiger partial charge in [0.15, 0.2) is 11.6 Å². The number of nitrogens with one attached hydrogen (secondary N) is 1. The quantitative estimate of drug-likeness (QED) is 0.377. The summed E-state index contributed by atoms with van der Waals surface area (Å²) in [4.78, 5) is 54.6. The number of rotatable bonds is 10. The van der Waals surface area contributed by atoms with E-state index in [4.69, 9.17) is 11.5 Å². The molecule has 9 nitrogen and oxygen atoms in total. The Morgan fingerprint density at radius 1 is 1.08 bits per heavy atom. The standard InChI is InChI=1S/C27H36F3N5O4/c1-3-13(2)24(31)27(39)34-6-4-5-20(34)26(38)33-16(7-14-8-18(29)19(30)12-17(14)28)11-23(36)35-21-9-15(21)10-22(35)25(32)37/h8,12-13,15-16,20-22,24H,3-7,9-11,31H2,1-2H3,(H2,32,37)(H,33,38)/t13?,15?,16-,20?,21?,22?,24?/m1/s1. The van der Waals surface area contributed by atoms with Gasteiger partial charge < -0.3 is 26.6 Å². The number of nitrogens with two attached hydrogens (primary N) is 2. The van der Waals surface area contributed by atoms with E-state index in [0.29, 0.717) is 44.4 Å². The van der Waals surface area contributed by atoms with Crippen LogP contribution in [0.1, 0.15) is 57.9 Å². The summed E-state index contributed by atoms with van der Waals surface area (Å²) < 4.78 is 42.0. The smallest absolute Gasteiger partial charge is 0.243 e. The maximum absolute atomic E-state index is 14.5. The van der Waals surface area contributed by atoms with E-state index in [9.17, 15) is 32.3 Å². The largest absolute Gasteiger partial charge is 0.368 e. The summed E-state index contributed by atoms with van der Waals surface area (Å²) in [6.07, 6.45) is 2.24. The molecule has 1 aromatic rings. The summed E-state index contributed by atoms with van der Waals surface area (Å²) in [5, 5.41) is 2.74. The van der Waals surface area contributed by atoms with Crippen LogP contribution in [-0.4, -0.2) is 70.2 Å². The fourth-order valence-corrected chi connectivity index (χ4v) is 5.83. The Bertz CT molecular complexity index is 1150. The van der Waals surface area contributed by atoms with Crippen molar-refractivity contribution in [3.05, 3.63) is 35.1 Å². The molecule has 6 unspecified atom stereocenters. The summed E-state index contributed by atoms with van der Waals surface area (Å²) in [5.74, 6) is -5.50. The van der Waals surface area contributed by atoms with Crippen molar-refractivity contribution in [2.45, 2.75) is 89.0 Å². The summed E-state index contributed by atoms with van der Waals surface area (Å²) in [6.45, 7) is 4.12. The third kappa shape index (κ3) is 6.05. The number of primary amides is 1. The van der Waals surface area contributed by atoms with Gasteiger partial charge in [0, 0.05) is 31.1 Å². The first-order valence-electron chi connectivity index (χ1n) is 13.5. The lowest BCUT2D eigenvalue weighted by molar-refractivity contribution is -0.141. The number of hydrogen-bond acceptors (Lipinski definition) is 5. The highest BCUT2D eigenvalue weighted by Gasteiger charge is 2.55. The molecule has 0 bridgehead atoms. The molecule has 7 atom stereocenters. The number of hydrogen-bond donors (Lipinski definition) is 3. The van der Waals surface area contributed by atoms with Crippen molar-refractivity contribution in [1.82, 2.24) is 15.1 Å². The number of amides is 4. The predicted molar refractivity (Wildman–Crippen MR) is 135 cm³/mol. The van der Waals surface area contributed by atoms with Gasteiger partial charge in [-0.15, -0.1) is 0 Å². The van der Waals surface area contributed by atoms with Gasteiger partial charge in [-0.25, -0.2) is 13.2 Å². The SMILES string of the molecule is CCC(C)C(N)C(=O)N1CCCC1C(=O)N[C@@H](CC(=O)N1C(C(N)=O)CC2CC21)Cc1cc(F)c(F)cc1F. The lowest BCUT2D eigenvalue weighted by Crippen LogP contribution is -2.55. The van der Waals surface area contributed by atoms with Crippen molar-refractivity contribution in [2.75, 3.05) is 6.54 Å². The van der Waals surface area contributed by atoms with Gasteiger partial charge in [-0.2, -0.15) is 0 Å². The molecule has 5 N–H and O–H groups in total. The van der Waals surface area contributed by atoms with Crippen molar-refractivity contribution in [3.63, 3.8) is 0 Å². The molecule has 0 radical (unpaired) electrons. The third-order valence-corrected chi connectivity index (χ3v) is 8.42. The fraction of sp³-hybridized carbons (Fsp3) is 0.630. The predicted octanol–water partition coefficient (Wildman–Crippen LogP) is 1.36. The Labute approximate surface area is 225 Å². The number of carbonyl (C=O) groups excluding carboxylic acids is 4. The highest BCUT2D eigenvalue weighted by Crippen LogP contribution is 2.48. The zero-order valence-electron chi connectivity index (χ0n) is 22.2. The van der Waals surface area contributed by atoms with Crippen LogP contribution in [0.4, 0.5) is 13.2 Å². The number of nitrogens with zero attached hydrogens (tertiary/aromatic N) is 2. The molecule has 39 heavy (non-hydrogen) atoms. The van der Waals surface area contributed by atoms with Gasteiger partial charge in [0.05, 0.1) is 6.04 Å². The summed E-state index contributed by atoms with van der Waals surface area (Å²) >= 11 is 0. The Hall–Kier alpha value is -3.15. The first-order chi connectivity index (χ1) is 18.4. The third-order valence-electron chi connectivity index (χ3n) is 8.42. The van der Waals surface area contributed by atoms with Crippen LogP contribution >= 0.6 is 0 Å². The van der Waals surface area contributed by atoms with E-state index in [1.165, 1.54) is 9.80 Å². The molecule has 4 rings (SSSR count). The zero-order chi connectivity index (χ0) is 28.6. The molecule has 214 valence electrons. The highest BCUT2D eigenvalue weighted by atomic mass is 19.2. The second-order valence-corrected chi connectivity index (χ2v) is 11.1. The lowest BCUT2D eigenvalue weighted by Gasteiger charge is -2.31. The average Bonchev–Trinajstić information content (AvgIpc) is 3.29. The van der Waals surface area contributed by atoms with Gasteiger partial charge in [-0.05, 0) is 55.6 Å². The van der Waals surface area contributed by atoms with Crippen LogP contribution in [0.25, 0.3) is 0 Å². The lowest BCUT2D eigenvalue weighted by atomic mass is 9.98. The molecule has 3 aliphatic rings. The summed E-state index contributed by atoms with van der Waals surface area (Å²) in [5.41, 5.74) is 11.4. The van der Waals surface area contributed by atoms with Crippen molar-refractivity contribution in [1.29, 1.82) is 0 Å². The minimum Gasteiger partial charge on any atom is -0.368 e. The number of carbonyl (C=O) groups is 4. The number of piperidine rings is 1. The molecule has 3 fully saturated rings. The molecule has 1 aromatic carbocycles. The first-order valence-corrected chi connectivity index (χ1v) is 13.5. The van der Waals surface area contributed by atoms with Gasteiger partial charge in [-0.1, -0.05) is 20.3 Å². The molecule has 2 heterocycles. The Kier molecular flexibility index (Phi) is 8.53. The van der Waals surface area contributed by atoms with Crippen molar-refractivity contribution >= 4 is 23.6 Å². The second-order valence-electron chi connectivity index (χ2n) is 11.1.